The monoisotopic (exact) mass is 419 g/mol. The molecule has 1 aromatic carbocycles. The van der Waals surface area contributed by atoms with Crippen LogP contribution in [0, 0.1) is 34.5 Å². The third-order valence-corrected chi connectivity index (χ3v) is 8.18. The number of carbonyl (C=O) groups excluding carboxylic acids is 1. The number of hydrogen-bond acceptors (Lipinski definition) is 2. The molecule has 0 heterocycles. The molecule has 0 aliphatic heterocycles. The van der Waals surface area contributed by atoms with Crippen molar-refractivity contribution in [1.29, 1.82) is 0 Å². The molecule has 30 heavy (non-hydrogen) atoms. The summed E-state index contributed by atoms with van der Waals surface area (Å²) in [5.74, 6) is 8.06. The largest absolute Gasteiger partial charge is 0.409 e. The SMILES string of the molecule is C[C@H](C#Cc1ccccc1C(C)(O[Si])C(C)(C)C)[C@H]1CCC=C2C(=O)CCC[C@@]21C. The first-order valence-electron chi connectivity index (χ1n) is 11.2. The molecule has 2 aliphatic carbocycles. The quantitative estimate of drug-likeness (QED) is 0.435. The smallest absolute Gasteiger partial charge is 0.247 e. The molecule has 0 saturated heterocycles. The van der Waals surface area contributed by atoms with Crippen molar-refractivity contribution in [3.8, 4) is 11.8 Å². The maximum absolute atomic E-state index is 12.5. The first-order chi connectivity index (χ1) is 14.0. The summed E-state index contributed by atoms with van der Waals surface area (Å²) in [6.07, 6.45) is 7.10. The van der Waals surface area contributed by atoms with Gasteiger partial charge in [-0.1, -0.05) is 70.7 Å². The van der Waals surface area contributed by atoms with Crippen molar-refractivity contribution in [2.45, 2.75) is 79.2 Å². The Balaban J connectivity index is 1.94. The number of ketones is 1. The summed E-state index contributed by atoms with van der Waals surface area (Å²) in [5, 5.41) is 0. The zero-order chi connectivity index (χ0) is 22.2. The van der Waals surface area contributed by atoms with Crippen LogP contribution in [-0.2, 0) is 14.8 Å². The van der Waals surface area contributed by atoms with Crippen LogP contribution >= 0.6 is 0 Å². The second kappa shape index (κ2) is 8.48. The van der Waals surface area contributed by atoms with E-state index in [4.69, 9.17) is 4.43 Å². The van der Waals surface area contributed by atoms with Gasteiger partial charge in [-0.05, 0) is 66.6 Å². The third kappa shape index (κ3) is 3.97. The van der Waals surface area contributed by atoms with Crippen LogP contribution in [0.3, 0.4) is 0 Å². The average Bonchev–Trinajstić information content (AvgIpc) is 2.70. The van der Waals surface area contributed by atoms with Crippen LogP contribution < -0.4 is 0 Å². The van der Waals surface area contributed by atoms with Crippen molar-refractivity contribution >= 4 is 16.3 Å². The lowest BCUT2D eigenvalue weighted by Gasteiger charge is -2.46. The molecule has 2 aliphatic rings. The second-order valence-electron chi connectivity index (χ2n) is 10.5. The predicted octanol–water partition coefficient (Wildman–Crippen LogP) is 6.13. The van der Waals surface area contributed by atoms with E-state index < -0.39 is 5.60 Å². The Morgan fingerprint density at radius 3 is 2.60 bits per heavy atom. The lowest BCUT2D eigenvalue weighted by molar-refractivity contribution is -0.119. The van der Waals surface area contributed by atoms with E-state index in [1.165, 1.54) is 0 Å². The van der Waals surface area contributed by atoms with E-state index in [9.17, 15) is 4.79 Å². The van der Waals surface area contributed by atoms with Crippen LogP contribution in [0.4, 0.5) is 0 Å². The normalized spacial score (nSPS) is 27.2. The zero-order valence-electron chi connectivity index (χ0n) is 19.4. The van der Waals surface area contributed by atoms with Crippen LogP contribution in [-0.4, -0.2) is 16.3 Å². The Morgan fingerprint density at radius 1 is 1.23 bits per heavy atom. The average molecular weight is 420 g/mol. The van der Waals surface area contributed by atoms with Gasteiger partial charge >= 0.3 is 0 Å². The van der Waals surface area contributed by atoms with Crippen LogP contribution in [0.5, 0.6) is 0 Å². The van der Waals surface area contributed by atoms with E-state index in [0.717, 1.165) is 42.4 Å². The predicted molar refractivity (Wildman–Crippen MR) is 124 cm³/mol. The van der Waals surface area contributed by atoms with Crippen molar-refractivity contribution in [1.82, 2.24) is 0 Å². The van der Waals surface area contributed by atoms with Gasteiger partial charge in [-0.25, -0.2) is 0 Å². The fourth-order valence-electron chi connectivity index (χ4n) is 5.38. The van der Waals surface area contributed by atoms with Gasteiger partial charge in [-0.3, -0.25) is 4.79 Å². The highest BCUT2D eigenvalue weighted by molar-refractivity contribution is 5.98. The van der Waals surface area contributed by atoms with E-state index in [2.05, 4.69) is 82.1 Å². The molecule has 3 heteroatoms. The van der Waals surface area contributed by atoms with Crippen LogP contribution in [0.25, 0.3) is 0 Å². The standard InChI is InChI=1S/C27H35O2Si/c1-19(21-13-9-14-23-24(28)15-10-18-26(21,23)5)16-17-20-11-7-8-12-22(20)27(6,29-30)25(2,3)4/h7-8,11-12,14,19,21H,9-10,13,15,18H2,1-6H3/t19-,21-,26-,27?/m1/s1. The molecule has 1 aromatic rings. The van der Waals surface area contributed by atoms with E-state index in [0.29, 0.717) is 18.1 Å². The minimum atomic E-state index is -0.513. The fraction of sp³-hybridized carbons (Fsp3) is 0.593. The highest BCUT2D eigenvalue weighted by atomic mass is 28.2. The number of benzene rings is 1. The van der Waals surface area contributed by atoms with Crippen LogP contribution in [0.2, 0.25) is 0 Å². The molecule has 3 radical (unpaired) electrons. The van der Waals surface area contributed by atoms with Gasteiger partial charge < -0.3 is 4.43 Å². The summed E-state index contributed by atoms with van der Waals surface area (Å²) in [6, 6.07) is 8.29. The van der Waals surface area contributed by atoms with Gasteiger partial charge in [0.1, 0.15) is 0 Å². The van der Waals surface area contributed by atoms with Crippen molar-refractivity contribution in [2.75, 3.05) is 0 Å². The molecule has 0 spiro atoms. The molecule has 0 N–H and O–H groups in total. The molecule has 0 bridgehead atoms. The number of carbonyl (C=O) groups is 1. The summed E-state index contributed by atoms with van der Waals surface area (Å²) in [4.78, 5) is 12.5. The summed E-state index contributed by atoms with van der Waals surface area (Å²) in [6.45, 7) is 13.2. The first kappa shape index (κ1) is 23.0. The molecule has 159 valence electrons. The number of hydrogen-bond donors (Lipinski definition) is 0. The third-order valence-electron chi connectivity index (χ3n) is 7.77. The minimum absolute atomic E-state index is 0.0280. The molecule has 0 amide bonds. The Bertz CT molecular complexity index is 897. The van der Waals surface area contributed by atoms with Gasteiger partial charge in [0.25, 0.3) is 0 Å². The highest BCUT2D eigenvalue weighted by Crippen LogP contribution is 2.52. The fourth-order valence-corrected chi connectivity index (χ4v) is 5.79. The summed E-state index contributed by atoms with van der Waals surface area (Å²) in [5.41, 5.74) is 2.52. The van der Waals surface area contributed by atoms with Gasteiger partial charge in [-0.2, -0.15) is 0 Å². The molecular formula is C27H35O2Si. The number of fused-ring (bicyclic) bond motifs is 1. The maximum Gasteiger partial charge on any atom is 0.247 e. The molecular weight excluding hydrogens is 384 g/mol. The number of rotatable bonds is 3. The van der Waals surface area contributed by atoms with E-state index in [1.807, 2.05) is 12.1 Å². The number of allylic oxidation sites excluding steroid dienone is 2. The lowest BCUT2D eigenvalue weighted by Crippen LogP contribution is -2.41. The zero-order valence-corrected chi connectivity index (χ0v) is 20.4. The maximum atomic E-state index is 12.5. The van der Waals surface area contributed by atoms with Gasteiger partial charge in [0.15, 0.2) is 5.78 Å². The Kier molecular flexibility index (Phi) is 6.51. The first-order valence-corrected chi connectivity index (χ1v) is 11.6. The van der Waals surface area contributed by atoms with Crippen molar-refractivity contribution in [3.63, 3.8) is 0 Å². The van der Waals surface area contributed by atoms with Gasteiger partial charge in [0.2, 0.25) is 10.5 Å². The van der Waals surface area contributed by atoms with Gasteiger partial charge in [-0.15, -0.1) is 0 Å². The van der Waals surface area contributed by atoms with E-state index in [1.54, 1.807) is 0 Å². The topological polar surface area (TPSA) is 26.3 Å². The Hall–Kier alpha value is -1.63. The second-order valence-corrected chi connectivity index (χ2v) is 10.7. The molecule has 1 fully saturated rings. The Morgan fingerprint density at radius 2 is 1.93 bits per heavy atom. The summed E-state index contributed by atoms with van der Waals surface area (Å²) < 4.78 is 5.84. The molecule has 3 rings (SSSR count). The van der Waals surface area contributed by atoms with Crippen LogP contribution in [0.1, 0.15) is 84.8 Å². The molecule has 4 atom stereocenters. The lowest BCUT2D eigenvalue weighted by atomic mass is 9.57. The highest BCUT2D eigenvalue weighted by Gasteiger charge is 2.46. The Labute approximate surface area is 186 Å². The molecule has 1 saturated carbocycles. The molecule has 1 unspecified atom stereocenters. The van der Waals surface area contributed by atoms with Gasteiger partial charge in [0, 0.05) is 17.9 Å². The molecule has 2 nitrogen and oxygen atoms in total. The van der Waals surface area contributed by atoms with E-state index in [-0.39, 0.29) is 16.7 Å². The van der Waals surface area contributed by atoms with Crippen molar-refractivity contribution < 1.29 is 9.22 Å². The minimum Gasteiger partial charge on any atom is -0.409 e. The van der Waals surface area contributed by atoms with Crippen molar-refractivity contribution in [2.24, 2.45) is 22.7 Å². The van der Waals surface area contributed by atoms with Gasteiger partial charge in [0.05, 0.1) is 5.60 Å². The molecule has 0 aromatic heterocycles. The number of Topliss-reactive ketones (excluding diaryl/α,β-unsaturated/α-hetero) is 1. The van der Waals surface area contributed by atoms with Crippen molar-refractivity contribution in [3.05, 3.63) is 47.0 Å². The summed E-state index contributed by atoms with van der Waals surface area (Å²) in [7, 11) is 3.34. The summed E-state index contributed by atoms with van der Waals surface area (Å²) >= 11 is 0. The van der Waals surface area contributed by atoms with Crippen LogP contribution in [0.15, 0.2) is 35.9 Å². The van der Waals surface area contributed by atoms with E-state index >= 15 is 0 Å².